The van der Waals surface area contributed by atoms with Crippen molar-refractivity contribution in [3.63, 3.8) is 0 Å². The molecule has 2 fully saturated rings. The molecule has 0 spiro atoms. The lowest BCUT2D eigenvalue weighted by molar-refractivity contribution is -0.152. The largest absolute Gasteiger partial charge is 0.408 e. The Kier molecular flexibility index (Phi) is 8.24. The smallest absolute Gasteiger partial charge is 0.360 e. The zero-order valence-corrected chi connectivity index (χ0v) is 20.9. The van der Waals surface area contributed by atoms with Crippen LogP contribution >= 0.6 is 0 Å². The minimum atomic E-state index is -4.33. The third-order valence-corrected chi connectivity index (χ3v) is 8.80. The predicted octanol–water partition coefficient (Wildman–Crippen LogP) is 4.51. The number of nitrogens with zero attached hydrogens (tertiary/aromatic N) is 2. The fourth-order valence-corrected chi connectivity index (χ4v) is 6.54. The highest BCUT2D eigenvalue weighted by atomic mass is 32.2. The van der Waals surface area contributed by atoms with Gasteiger partial charge in [0.25, 0.3) is 0 Å². The number of piperidine rings is 2. The first-order valence-corrected chi connectivity index (χ1v) is 13.9. The van der Waals surface area contributed by atoms with Gasteiger partial charge in [-0.1, -0.05) is 30.3 Å². The lowest BCUT2D eigenvalue weighted by atomic mass is 10.0. The van der Waals surface area contributed by atoms with Crippen molar-refractivity contribution in [2.24, 2.45) is 0 Å². The number of alkyl halides is 3. The Morgan fingerprint density at radius 2 is 1.67 bits per heavy atom. The molecule has 196 valence electrons. The number of sulfonamides is 1. The van der Waals surface area contributed by atoms with Crippen LogP contribution in [-0.2, 0) is 21.2 Å². The molecular weight excluding hydrogens is 491 g/mol. The number of carbonyl (C=O) groups excluding carboxylic acids is 1. The van der Waals surface area contributed by atoms with Crippen molar-refractivity contribution in [2.45, 2.75) is 68.1 Å². The van der Waals surface area contributed by atoms with Crippen LogP contribution < -0.4 is 10.2 Å². The van der Waals surface area contributed by atoms with Crippen LogP contribution in [-0.4, -0.2) is 56.5 Å². The van der Waals surface area contributed by atoms with Crippen LogP contribution in [0, 0.1) is 0 Å². The highest BCUT2D eigenvalue weighted by Gasteiger charge is 2.44. The maximum atomic E-state index is 13.5. The summed E-state index contributed by atoms with van der Waals surface area (Å²) in [6.45, 7) is 0.792. The number of hydrogen-bond donors (Lipinski definition) is 1. The number of amides is 1. The van der Waals surface area contributed by atoms with Crippen LogP contribution in [0.1, 0.15) is 44.1 Å². The van der Waals surface area contributed by atoms with Crippen molar-refractivity contribution in [2.75, 3.05) is 24.5 Å². The lowest BCUT2D eigenvalue weighted by Crippen LogP contribution is -2.49. The summed E-state index contributed by atoms with van der Waals surface area (Å²) in [6.07, 6.45) is -0.873. The summed E-state index contributed by atoms with van der Waals surface area (Å²) in [5.74, 6) is -0.117. The normalized spacial score (nSPS) is 21.8. The third-order valence-electron chi connectivity index (χ3n) is 6.92. The molecule has 1 N–H and O–H groups in total. The molecule has 2 aromatic rings. The van der Waals surface area contributed by atoms with Crippen molar-refractivity contribution < 1.29 is 26.4 Å². The maximum absolute atomic E-state index is 13.5. The van der Waals surface area contributed by atoms with Gasteiger partial charge < -0.3 is 10.2 Å². The summed E-state index contributed by atoms with van der Waals surface area (Å²) in [5.41, 5.74) is 1.44. The molecule has 2 heterocycles. The summed E-state index contributed by atoms with van der Waals surface area (Å²) in [4.78, 5) is 13.8. The van der Waals surface area contributed by atoms with Gasteiger partial charge in [0, 0.05) is 37.8 Å². The third kappa shape index (κ3) is 6.39. The summed E-state index contributed by atoms with van der Waals surface area (Å²) in [5, 5.41) is 2.96. The van der Waals surface area contributed by atoms with Crippen LogP contribution in [0.2, 0.25) is 0 Å². The minimum absolute atomic E-state index is 0.0375. The molecule has 1 amide bonds. The summed E-state index contributed by atoms with van der Waals surface area (Å²) in [6, 6.07) is 13.5. The minimum Gasteiger partial charge on any atom is -0.360 e. The van der Waals surface area contributed by atoms with E-state index in [1.54, 1.807) is 0 Å². The van der Waals surface area contributed by atoms with Gasteiger partial charge in [-0.2, -0.15) is 17.5 Å². The molecule has 2 atom stereocenters. The van der Waals surface area contributed by atoms with E-state index in [-0.39, 0.29) is 36.4 Å². The second-order valence-corrected chi connectivity index (χ2v) is 11.4. The second kappa shape index (κ2) is 11.2. The van der Waals surface area contributed by atoms with E-state index in [4.69, 9.17) is 0 Å². The van der Waals surface area contributed by atoms with Gasteiger partial charge in [-0.15, -0.1) is 0 Å². The first kappa shape index (κ1) is 26.5. The van der Waals surface area contributed by atoms with Gasteiger partial charge >= 0.3 is 6.18 Å². The number of carbonyl (C=O) groups is 1. The average Bonchev–Trinajstić information content (AvgIpc) is 2.88. The standard InChI is InChI=1S/C26H32F3N3O3S/c27-26(28,29)24-10-4-5-18-32(24)22-12-14-23(15-13-22)36(34,35)31-17-6-9-21(19-31)30-25(33)16-11-20-7-2-1-3-8-20/h1-3,7-8,12-15,21,24H,4-6,9-11,16-19H2,(H,30,33). The predicted molar refractivity (Wildman–Crippen MR) is 132 cm³/mol. The topological polar surface area (TPSA) is 69.7 Å². The van der Waals surface area contributed by atoms with E-state index in [0.717, 1.165) is 5.56 Å². The monoisotopic (exact) mass is 523 g/mol. The van der Waals surface area contributed by atoms with Gasteiger partial charge in [0.2, 0.25) is 15.9 Å². The van der Waals surface area contributed by atoms with Crippen LogP contribution in [0.3, 0.4) is 0 Å². The Bertz CT molecular complexity index is 1120. The van der Waals surface area contributed by atoms with Crippen molar-refractivity contribution in [3.8, 4) is 0 Å². The number of hydrogen-bond acceptors (Lipinski definition) is 4. The second-order valence-electron chi connectivity index (χ2n) is 9.50. The van der Waals surface area contributed by atoms with Crippen molar-refractivity contribution >= 4 is 21.6 Å². The fourth-order valence-electron chi connectivity index (χ4n) is 5.02. The van der Waals surface area contributed by atoms with E-state index in [1.165, 1.54) is 33.5 Å². The maximum Gasteiger partial charge on any atom is 0.408 e. The fraction of sp³-hybridized carbons (Fsp3) is 0.500. The number of nitrogens with one attached hydrogen (secondary N) is 1. The molecule has 36 heavy (non-hydrogen) atoms. The molecule has 0 radical (unpaired) electrons. The summed E-state index contributed by atoms with van der Waals surface area (Å²) < 4.78 is 68.3. The van der Waals surface area contributed by atoms with Crippen LogP contribution in [0.15, 0.2) is 59.5 Å². The molecule has 2 unspecified atom stereocenters. The average molecular weight is 524 g/mol. The highest BCUT2D eigenvalue weighted by Crippen LogP contribution is 2.35. The first-order chi connectivity index (χ1) is 17.1. The Balaban J connectivity index is 1.38. The molecule has 0 bridgehead atoms. The first-order valence-electron chi connectivity index (χ1n) is 12.4. The molecule has 0 saturated carbocycles. The SMILES string of the molecule is O=C(CCc1ccccc1)NC1CCCN(S(=O)(=O)c2ccc(N3CCCCC3C(F)(F)F)cc2)C1. The zero-order chi connectivity index (χ0) is 25.8. The van der Waals surface area contributed by atoms with Crippen LogP contribution in [0.4, 0.5) is 18.9 Å². The number of anilines is 1. The van der Waals surface area contributed by atoms with Gasteiger partial charge in [0.1, 0.15) is 6.04 Å². The van der Waals surface area contributed by atoms with E-state index in [0.29, 0.717) is 50.8 Å². The number of benzene rings is 2. The Labute approximate surface area is 210 Å². The van der Waals surface area contributed by atoms with Crippen molar-refractivity contribution in [1.82, 2.24) is 9.62 Å². The van der Waals surface area contributed by atoms with Gasteiger partial charge in [0.05, 0.1) is 4.90 Å². The Morgan fingerprint density at radius 1 is 0.944 bits per heavy atom. The molecule has 2 aliphatic heterocycles. The van der Waals surface area contributed by atoms with Crippen LogP contribution in [0.25, 0.3) is 0 Å². The van der Waals surface area contributed by atoms with Crippen molar-refractivity contribution in [3.05, 3.63) is 60.2 Å². The van der Waals surface area contributed by atoms with E-state index in [9.17, 15) is 26.4 Å². The summed E-state index contributed by atoms with van der Waals surface area (Å²) in [7, 11) is -3.83. The number of rotatable bonds is 7. The molecule has 4 rings (SSSR count). The Morgan fingerprint density at radius 3 is 2.36 bits per heavy atom. The summed E-state index contributed by atoms with van der Waals surface area (Å²) >= 11 is 0. The van der Waals surface area contributed by atoms with Gasteiger partial charge in [0.15, 0.2) is 0 Å². The molecule has 2 aromatic carbocycles. The van der Waals surface area contributed by atoms with Crippen molar-refractivity contribution in [1.29, 1.82) is 0 Å². The van der Waals surface area contributed by atoms with E-state index in [2.05, 4.69) is 5.32 Å². The molecule has 0 aliphatic carbocycles. The lowest BCUT2D eigenvalue weighted by Gasteiger charge is -2.38. The molecule has 6 nitrogen and oxygen atoms in total. The molecular formula is C26H32F3N3O3S. The molecule has 0 aromatic heterocycles. The zero-order valence-electron chi connectivity index (χ0n) is 20.1. The quantitative estimate of drug-likeness (QED) is 0.580. The van der Waals surface area contributed by atoms with Gasteiger partial charge in [-0.05, 0) is 68.4 Å². The van der Waals surface area contributed by atoms with Crippen LogP contribution in [0.5, 0.6) is 0 Å². The Hall–Kier alpha value is -2.59. The molecule has 2 aliphatic rings. The molecule has 2 saturated heterocycles. The molecule has 10 heteroatoms. The van der Waals surface area contributed by atoms with Gasteiger partial charge in [-0.25, -0.2) is 8.42 Å². The highest BCUT2D eigenvalue weighted by molar-refractivity contribution is 7.89. The van der Waals surface area contributed by atoms with E-state index < -0.39 is 22.2 Å². The van der Waals surface area contributed by atoms with E-state index in [1.807, 2.05) is 30.3 Å². The number of halogens is 3. The van der Waals surface area contributed by atoms with Gasteiger partial charge in [-0.3, -0.25) is 4.79 Å². The number of aryl methyl sites for hydroxylation is 1. The van der Waals surface area contributed by atoms with E-state index >= 15 is 0 Å².